The van der Waals surface area contributed by atoms with E-state index < -0.39 is 0 Å². The van der Waals surface area contributed by atoms with Crippen LogP contribution in [0.2, 0.25) is 0 Å². The van der Waals surface area contributed by atoms with Gasteiger partial charge in [0.15, 0.2) is 0 Å². The number of ether oxygens (including phenoxy) is 1. The van der Waals surface area contributed by atoms with E-state index in [2.05, 4.69) is 17.6 Å². The Morgan fingerprint density at radius 2 is 2.28 bits per heavy atom. The highest BCUT2D eigenvalue weighted by Gasteiger charge is 2.38. The fraction of sp³-hybridized carbons (Fsp3) is 0.929. The van der Waals surface area contributed by atoms with Crippen LogP contribution >= 0.6 is 0 Å². The molecule has 1 amide bonds. The SMILES string of the molecule is CCCC1(C(=O)NCC(C)OCC)CCCNC1. The molecule has 4 nitrogen and oxygen atoms in total. The van der Waals surface area contributed by atoms with Crippen molar-refractivity contribution in [2.24, 2.45) is 5.41 Å². The highest BCUT2D eigenvalue weighted by Crippen LogP contribution is 2.31. The summed E-state index contributed by atoms with van der Waals surface area (Å²) in [6.45, 7) is 9.27. The topological polar surface area (TPSA) is 50.4 Å². The van der Waals surface area contributed by atoms with Crippen LogP contribution in [0.15, 0.2) is 0 Å². The van der Waals surface area contributed by atoms with Crippen molar-refractivity contribution in [2.45, 2.75) is 52.6 Å². The molecule has 1 saturated heterocycles. The number of carbonyl (C=O) groups excluding carboxylic acids is 1. The molecule has 0 aliphatic carbocycles. The lowest BCUT2D eigenvalue weighted by Crippen LogP contribution is -2.51. The molecule has 4 heteroatoms. The molecule has 2 unspecified atom stereocenters. The van der Waals surface area contributed by atoms with Crippen molar-refractivity contribution in [1.82, 2.24) is 10.6 Å². The van der Waals surface area contributed by atoms with Crippen LogP contribution in [0.3, 0.4) is 0 Å². The smallest absolute Gasteiger partial charge is 0.227 e. The van der Waals surface area contributed by atoms with E-state index >= 15 is 0 Å². The summed E-state index contributed by atoms with van der Waals surface area (Å²) in [5.74, 6) is 0.197. The number of hydrogen-bond donors (Lipinski definition) is 2. The van der Waals surface area contributed by atoms with Gasteiger partial charge in [0, 0.05) is 19.7 Å². The van der Waals surface area contributed by atoms with Crippen LogP contribution in [0.25, 0.3) is 0 Å². The number of nitrogens with one attached hydrogen (secondary N) is 2. The Kier molecular flexibility index (Phi) is 6.65. The van der Waals surface area contributed by atoms with Gasteiger partial charge >= 0.3 is 0 Å². The molecular weight excluding hydrogens is 228 g/mol. The van der Waals surface area contributed by atoms with Gasteiger partial charge in [-0.15, -0.1) is 0 Å². The summed E-state index contributed by atoms with van der Waals surface area (Å²) < 4.78 is 5.44. The molecule has 106 valence electrons. The Hall–Kier alpha value is -0.610. The van der Waals surface area contributed by atoms with E-state index in [0.717, 1.165) is 38.8 Å². The Labute approximate surface area is 111 Å². The first-order valence-corrected chi connectivity index (χ1v) is 7.25. The zero-order valence-electron chi connectivity index (χ0n) is 12.1. The molecule has 2 atom stereocenters. The average molecular weight is 256 g/mol. The van der Waals surface area contributed by atoms with Crippen LogP contribution in [0.1, 0.15) is 46.5 Å². The molecule has 1 fully saturated rings. The third-order valence-electron chi connectivity index (χ3n) is 3.68. The summed E-state index contributed by atoms with van der Waals surface area (Å²) in [5, 5.41) is 6.42. The highest BCUT2D eigenvalue weighted by atomic mass is 16.5. The van der Waals surface area contributed by atoms with Gasteiger partial charge in [-0.25, -0.2) is 0 Å². The number of carbonyl (C=O) groups is 1. The number of amides is 1. The van der Waals surface area contributed by atoms with Gasteiger partial charge in [0.05, 0.1) is 11.5 Å². The fourth-order valence-corrected chi connectivity index (χ4v) is 2.73. The number of piperidine rings is 1. The summed E-state index contributed by atoms with van der Waals surface area (Å²) >= 11 is 0. The van der Waals surface area contributed by atoms with E-state index in [1.54, 1.807) is 0 Å². The molecule has 1 rings (SSSR count). The molecule has 1 aliphatic rings. The Bertz CT molecular complexity index is 245. The van der Waals surface area contributed by atoms with Crippen molar-refractivity contribution in [2.75, 3.05) is 26.2 Å². The first kappa shape index (κ1) is 15.4. The molecule has 0 aromatic rings. The zero-order chi connectivity index (χ0) is 13.4. The molecule has 0 spiro atoms. The van der Waals surface area contributed by atoms with Crippen molar-refractivity contribution < 1.29 is 9.53 Å². The van der Waals surface area contributed by atoms with Gasteiger partial charge in [-0.1, -0.05) is 13.3 Å². The van der Waals surface area contributed by atoms with Gasteiger partial charge in [0.25, 0.3) is 0 Å². The third kappa shape index (κ3) is 4.25. The minimum absolute atomic E-state index is 0.0918. The number of rotatable bonds is 7. The van der Waals surface area contributed by atoms with E-state index in [0.29, 0.717) is 13.2 Å². The van der Waals surface area contributed by atoms with E-state index in [9.17, 15) is 4.79 Å². The van der Waals surface area contributed by atoms with Crippen LogP contribution < -0.4 is 10.6 Å². The van der Waals surface area contributed by atoms with Crippen LogP contribution in [0.4, 0.5) is 0 Å². The van der Waals surface area contributed by atoms with Crippen LogP contribution in [-0.4, -0.2) is 38.3 Å². The summed E-state index contributed by atoms with van der Waals surface area (Å²) in [5.41, 5.74) is -0.196. The Morgan fingerprint density at radius 3 is 2.83 bits per heavy atom. The molecule has 2 N–H and O–H groups in total. The minimum atomic E-state index is -0.196. The molecule has 1 heterocycles. The van der Waals surface area contributed by atoms with Crippen LogP contribution in [0, 0.1) is 5.41 Å². The van der Waals surface area contributed by atoms with Gasteiger partial charge < -0.3 is 15.4 Å². The largest absolute Gasteiger partial charge is 0.377 e. The molecule has 0 aromatic heterocycles. The predicted octanol–water partition coefficient (Wildman–Crippen LogP) is 1.70. The van der Waals surface area contributed by atoms with Crippen LogP contribution in [-0.2, 0) is 9.53 Å². The minimum Gasteiger partial charge on any atom is -0.377 e. The Balaban J connectivity index is 2.49. The molecule has 0 aromatic carbocycles. The van der Waals surface area contributed by atoms with Gasteiger partial charge in [-0.2, -0.15) is 0 Å². The Morgan fingerprint density at radius 1 is 1.50 bits per heavy atom. The molecule has 0 bridgehead atoms. The highest BCUT2D eigenvalue weighted by molar-refractivity contribution is 5.83. The summed E-state index contributed by atoms with van der Waals surface area (Å²) in [6, 6.07) is 0. The van der Waals surface area contributed by atoms with Crippen molar-refractivity contribution in [1.29, 1.82) is 0 Å². The molecule has 0 saturated carbocycles. The van der Waals surface area contributed by atoms with E-state index in [1.807, 2.05) is 13.8 Å². The normalized spacial score (nSPS) is 25.7. The quantitative estimate of drug-likeness (QED) is 0.729. The lowest BCUT2D eigenvalue weighted by molar-refractivity contribution is -0.133. The molecule has 1 aliphatic heterocycles. The van der Waals surface area contributed by atoms with Crippen molar-refractivity contribution in [3.63, 3.8) is 0 Å². The second-order valence-electron chi connectivity index (χ2n) is 5.29. The zero-order valence-corrected chi connectivity index (χ0v) is 12.1. The van der Waals surface area contributed by atoms with E-state index in [-0.39, 0.29) is 17.4 Å². The van der Waals surface area contributed by atoms with Crippen molar-refractivity contribution in [3.05, 3.63) is 0 Å². The molecule has 18 heavy (non-hydrogen) atoms. The van der Waals surface area contributed by atoms with Gasteiger partial charge in [-0.05, 0) is 39.7 Å². The second-order valence-corrected chi connectivity index (χ2v) is 5.29. The lowest BCUT2D eigenvalue weighted by Gasteiger charge is -2.36. The van der Waals surface area contributed by atoms with Crippen molar-refractivity contribution >= 4 is 5.91 Å². The maximum absolute atomic E-state index is 12.4. The van der Waals surface area contributed by atoms with E-state index in [4.69, 9.17) is 4.74 Å². The molecule has 0 radical (unpaired) electrons. The van der Waals surface area contributed by atoms with Gasteiger partial charge in [0.1, 0.15) is 0 Å². The van der Waals surface area contributed by atoms with Crippen molar-refractivity contribution in [3.8, 4) is 0 Å². The maximum atomic E-state index is 12.4. The average Bonchev–Trinajstić information content (AvgIpc) is 2.38. The predicted molar refractivity (Wildman–Crippen MR) is 73.5 cm³/mol. The fourth-order valence-electron chi connectivity index (χ4n) is 2.73. The maximum Gasteiger partial charge on any atom is 0.227 e. The summed E-state index contributed by atoms with van der Waals surface area (Å²) in [4.78, 5) is 12.4. The number of hydrogen-bond acceptors (Lipinski definition) is 3. The first-order valence-electron chi connectivity index (χ1n) is 7.25. The van der Waals surface area contributed by atoms with Crippen LogP contribution in [0.5, 0.6) is 0 Å². The first-order chi connectivity index (χ1) is 8.64. The summed E-state index contributed by atoms with van der Waals surface area (Å²) in [7, 11) is 0. The van der Waals surface area contributed by atoms with Gasteiger partial charge in [0.2, 0.25) is 5.91 Å². The molecular formula is C14H28N2O2. The van der Waals surface area contributed by atoms with E-state index in [1.165, 1.54) is 0 Å². The van der Waals surface area contributed by atoms with Gasteiger partial charge in [-0.3, -0.25) is 4.79 Å². The summed E-state index contributed by atoms with van der Waals surface area (Å²) in [6.07, 6.45) is 4.21. The monoisotopic (exact) mass is 256 g/mol. The third-order valence-corrected chi connectivity index (χ3v) is 3.68. The lowest BCUT2D eigenvalue weighted by atomic mass is 9.76. The standard InChI is InChI=1S/C14H28N2O2/c1-4-7-14(8-6-9-15-11-14)13(17)16-10-12(3)18-5-2/h12,15H,4-11H2,1-3H3,(H,16,17). The second kappa shape index (κ2) is 7.74.